The highest BCUT2D eigenvalue weighted by Crippen LogP contribution is 2.41. The zero-order valence-electron chi connectivity index (χ0n) is 25.1. The molecule has 2 heteroatoms. The predicted molar refractivity (Wildman–Crippen MR) is 194 cm³/mol. The molecule has 216 valence electrons. The van der Waals surface area contributed by atoms with Gasteiger partial charge in [-0.15, -0.1) is 0 Å². The van der Waals surface area contributed by atoms with E-state index in [1.165, 1.54) is 43.8 Å². The number of furan rings is 1. The van der Waals surface area contributed by atoms with Crippen LogP contribution in [0.15, 0.2) is 180 Å². The molecule has 46 heavy (non-hydrogen) atoms. The minimum absolute atomic E-state index is 0.877. The van der Waals surface area contributed by atoms with Crippen LogP contribution in [0.4, 0.5) is 17.1 Å². The number of hydrogen-bond acceptors (Lipinski definition) is 2. The highest BCUT2D eigenvalue weighted by Gasteiger charge is 2.17. The Labute approximate surface area is 267 Å². The molecule has 0 atom stereocenters. The van der Waals surface area contributed by atoms with E-state index in [2.05, 4.69) is 169 Å². The molecule has 0 aliphatic heterocycles. The molecule has 9 aromatic rings. The monoisotopic (exact) mass is 587 g/mol. The first-order chi connectivity index (χ1) is 22.8. The van der Waals surface area contributed by atoms with E-state index in [-0.39, 0.29) is 0 Å². The van der Waals surface area contributed by atoms with Gasteiger partial charge in [0.25, 0.3) is 0 Å². The van der Waals surface area contributed by atoms with E-state index in [1.807, 2.05) is 12.1 Å². The zero-order chi connectivity index (χ0) is 30.5. The van der Waals surface area contributed by atoms with Gasteiger partial charge in [-0.05, 0) is 92.3 Å². The van der Waals surface area contributed by atoms with Crippen molar-refractivity contribution in [3.05, 3.63) is 176 Å². The molecule has 0 aliphatic rings. The smallest absolute Gasteiger partial charge is 0.137 e. The lowest BCUT2D eigenvalue weighted by molar-refractivity contribution is 0.669. The largest absolute Gasteiger partial charge is 0.456 e. The fourth-order valence-electron chi connectivity index (χ4n) is 6.74. The van der Waals surface area contributed by atoms with E-state index in [9.17, 15) is 0 Å². The van der Waals surface area contributed by atoms with Gasteiger partial charge in [-0.1, -0.05) is 121 Å². The average molecular weight is 588 g/mol. The van der Waals surface area contributed by atoms with Crippen LogP contribution < -0.4 is 4.90 Å². The summed E-state index contributed by atoms with van der Waals surface area (Å²) in [5.41, 5.74) is 9.81. The van der Waals surface area contributed by atoms with Crippen LogP contribution in [0, 0.1) is 0 Å². The standard InChI is InChI=1S/C44H29NO/c1-2-9-30(10-3-1)32-19-22-36(23-20-32)45(38-25-26-41-40-14-6-7-16-43(40)46-44(41)29-38)37-24-21-33-13-8-15-39(42(33)28-37)35-18-17-31-11-4-5-12-34(31)27-35/h1-29H. The molecule has 0 fully saturated rings. The molecule has 0 amide bonds. The minimum Gasteiger partial charge on any atom is -0.456 e. The lowest BCUT2D eigenvalue weighted by Gasteiger charge is -2.26. The number of fused-ring (bicyclic) bond motifs is 5. The van der Waals surface area contributed by atoms with Gasteiger partial charge in [0.05, 0.1) is 0 Å². The highest BCUT2D eigenvalue weighted by atomic mass is 16.3. The molecule has 0 saturated carbocycles. The summed E-state index contributed by atoms with van der Waals surface area (Å²) in [6, 6.07) is 62.8. The Balaban J connectivity index is 1.22. The summed E-state index contributed by atoms with van der Waals surface area (Å²) >= 11 is 0. The van der Waals surface area contributed by atoms with Crippen LogP contribution in [0.25, 0.3) is 65.7 Å². The van der Waals surface area contributed by atoms with Crippen LogP contribution in [0.3, 0.4) is 0 Å². The molecule has 1 aromatic heterocycles. The molecular formula is C44H29NO. The van der Waals surface area contributed by atoms with E-state index >= 15 is 0 Å². The Bertz CT molecular complexity index is 2530. The van der Waals surface area contributed by atoms with E-state index in [4.69, 9.17) is 4.42 Å². The number of anilines is 3. The fourth-order valence-corrected chi connectivity index (χ4v) is 6.74. The van der Waals surface area contributed by atoms with E-state index in [0.29, 0.717) is 0 Å². The van der Waals surface area contributed by atoms with Gasteiger partial charge in [-0.2, -0.15) is 0 Å². The first-order valence-electron chi connectivity index (χ1n) is 15.7. The van der Waals surface area contributed by atoms with Gasteiger partial charge in [0, 0.05) is 33.9 Å². The van der Waals surface area contributed by atoms with Gasteiger partial charge >= 0.3 is 0 Å². The molecule has 0 saturated heterocycles. The van der Waals surface area contributed by atoms with Crippen LogP contribution in [0.5, 0.6) is 0 Å². The second kappa shape index (κ2) is 10.8. The maximum absolute atomic E-state index is 6.35. The average Bonchev–Trinajstić information content (AvgIpc) is 3.50. The molecule has 0 bridgehead atoms. The Morgan fingerprint density at radius 3 is 1.85 bits per heavy atom. The van der Waals surface area contributed by atoms with E-state index < -0.39 is 0 Å². The summed E-state index contributed by atoms with van der Waals surface area (Å²) in [6.07, 6.45) is 0. The molecule has 0 radical (unpaired) electrons. The topological polar surface area (TPSA) is 16.4 Å². The first-order valence-corrected chi connectivity index (χ1v) is 15.7. The minimum atomic E-state index is 0.877. The van der Waals surface area contributed by atoms with Crippen molar-refractivity contribution in [2.75, 3.05) is 4.90 Å². The van der Waals surface area contributed by atoms with Gasteiger partial charge in [0.1, 0.15) is 11.2 Å². The Hall–Kier alpha value is -6.12. The van der Waals surface area contributed by atoms with Gasteiger partial charge in [0.15, 0.2) is 0 Å². The predicted octanol–water partition coefficient (Wildman–Crippen LogP) is 12.7. The van der Waals surface area contributed by atoms with Crippen molar-refractivity contribution in [3.8, 4) is 22.3 Å². The van der Waals surface area contributed by atoms with Crippen LogP contribution in [-0.2, 0) is 0 Å². The molecule has 0 aliphatic carbocycles. The fraction of sp³-hybridized carbons (Fsp3) is 0. The molecule has 2 nitrogen and oxygen atoms in total. The maximum atomic E-state index is 6.35. The molecule has 9 rings (SSSR count). The van der Waals surface area contributed by atoms with Gasteiger partial charge < -0.3 is 9.32 Å². The molecule has 0 unspecified atom stereocenters. The Kier molecular flexibility index (Phi) is 6.17. The van der Waals surface area contributed by atoms with Gasteiger partial charge in [0.2, 0.25) is 0 Å². The quantitative estimate of drug-likeness (QED) is 0.199. The van der Waals surface area contributed by atoms with Crippen LogP contribution in [0.2, 0.25) is 0 Å². The lowest BCUT2D eigenvalue weighted by Crippen LogP contribution is -2.09. The molecule has 0 spiro atoms. The summed E-state index contributed by atoms with van der Waals surface area (Å²) in [5.74, 6) is 0. The first kappa shape index (κ1) is 26.3. The second-order valence-electron chi connectivity index (χ2n) is 11.8. The number of hydrogen-bond donors (Lipinski definition) is 0. The number of rotatable bonds is 5. The SMILES string of the molecule is c1ccc(-c2ccc(N(c3ccc4c(c3)oc3ccccc34)c3ccc4cccc(-c5ccc6ccccc6c5)c4c3)cc2)cc1. The molecule has 8 aromatic carbocycles. The van der Waals surface area contributed by atoms with Crippen LogP contribution >= 0.6 is 0 Å². The van der Waals surface area contributed by atoms with Crippen molar-refractivity contribution in [2.24, 2.45) is 0 Å². The summed E-state index contributed by atoms with van der Waals surface area (Å²) in [7, 11) is 0. The normalized spacial score (nSPS) is 11.5. The zero-order valence-corrected chi connectivity index (χ0v) is 25.1. The highest BCUT2D eigenvalue weighted by molar-refractivity contribution is 6.06. The third-order valence-electron chi connectivity index (χ3n) is 9.04. The van der Waals surface area contributed by atoms with Crippen molar-refractivity contribution >= 4 is 60.5 Å². The Morgan fingerprint density at radius 2 is 0.957 bits per heavy atom. The number of nitrogens with zero attached hydrogens (tertiary/aromatic N) is 1. The number of benzene rings is 8. The summed E-state index contributed by atoms with van der Waals surface area (Å²) in [5, 5.41) is 7.17. The summed E-state index contributed by atoms with van der Waals surface area (Å²) in [4.78, 5) is 2.33. The van der Waals surface area contributed by atoms with Crippen molar-refractivity contribution in [1.29, 1.82) is 0 Å². The van der Waals surface area contributed by atoms with Gasteiger partial charge in [-0.3, -0.25) is 0 Å². The third-order valence-corrected chi connectivity index (χ3v) is 9.04. The second-order valence-corrected chi connectivity index (χ2v) is 11.8. The number of para-hydroxylation sites is 1. The molecular weight excluding hydrogens is 558 g/mol. The molecule has 0 N–H and O–H groups in total. The van der Waals surface area contributed by atoms with Crippen molar-refractivity contribution < 1.29 is 4.42 Å². The van der Waals surface area contributed by atoms with Gasteiger partial charge in [-0.25, -0.2) is 0 Å². The van der Waals surface area contributed by atoms with E-state index in [1.54, 1.807) is 0 Å². The van der Waals surface area contributed by atoms with Crippen molar-refractivity contribution in [1.82, 2.24) is 0 Å². The summed E-state index contributed by atoms with van der Waals surface area (Å²) < 4.78 is 6.35. The van der Waals surface area contributed by atoms with E-state index in [0.717, 1.165) is 39.0 Å². The lowest BCUT2D eigenvalue weighted by atomic mass is 9.95. The summed E-state index contributed by atoms with van der Waals surface area (Å²) in [6.45, 7) is 0. The maximum Gasteiger partial charge on any atom is 0.137 e. The Morgan fingerprint density at radius 1 is 0.326 bits per heavy atom. The van der Waals surface area contributed by atoms with Crippen LogP contribution in [0.1, 0.15) is 0 Å². The van der Waals surface area contributed by atoms with Crippen molar-refractivity contribution in [3.63, 3.8) is 0 Å². The van der Waals surface area contributed by atoms with Crippen molar-refractivity contribution in [2.45, 2.75) is 0 Å². The molecule has 1 heterocycles. The third kappa shape index (κ3) is 4.51. The van der Waals surface area contributed by atoms with Crippen LogP contribution in [-0.4, -0.2) is 0 Å².